The van der Waals surface area contributed by atoms with Crippen LogP contribution in [0.5, 0.6) is 0 Å². The van der Waals surface area contributed by atoms with Gasteiger partial charge in [0.05, 0.1) is 5.69 Å². The van der Waals surface area contributed by atoms with Crippen molar-refractivity contribution in [1.29, 1.82) is 0 Å². The van der Waals surface area contributed by atoms with E-state index >= 15 is 0 Å². The predicted octanol–water partition coefficient (Wildman–Crippen LogP) is 1.35. The molecule has 1 aliphatic carbocycles. The van der Waals surface area contributed by atoms with Gasteiger partial charge in [-0.15, -0.1) is 0 Å². The van der Waals surface area contributed by atoms with E-state index < -0.39 is 10.0 Å². The molecule has 1 fully saturated rings. The number of para-hydroxylation sites is 1. The van der Waals surface area contributed by atoms with Gasteiger partial charge in [-0.1, -0.05) is 18.6 Å². The maximum atomic E-state index is 11.9. The Morgan fingerprint density at radius 1 is 1.31 bits per heavy atom. The molecule has 0 amide bonds. The molecule has 0 saturated heterocycles. The summed E-state index contributed by atoms with van der Waals surface area (Å²) in [6.07, 6.45) is 3.44. The average Bonchev–Trinajstić information content (AvgIpc) is 2.15. The minimum atomic E-state index is -3.44. The van der Waals surface area contributed by atoms with Crippen LogP contribution in [0.1, 0.15) is 19.3 Å². The van der Waals surface area contributed by atoms with Crippen molar-refractivity contribution >= 4 is 15.7 Å². The molecule has 16 heavy (non-hydrogen) atoms. The largest absolute Gasteiger partial charge is 0.398 e. The van der Waals surface area contributed by atoms with E-state index in [9.17, 15) is 8.42 Å². The van der Waals surface area contributed by atoms with E-state index in [1.807, 2.05) is 0 Å². The second-order valence-electron chi connectivity index (χ2n) is 4.19. The molecule has 4 nitrogen and oxygen atoms in total. The third-order valence-corrected chi connectivity index (χ3v) is 4.49. The molecule has 0 unspecified atom stereocenters. The topological polar surface area (TPSA) is 72.2 Å². The Hall–Kier alpha value is -1.07. The first-order valence-electron chi connectivity index (χ1n) is 5.44. The van der Waals surface area contributed by atoms with Crippen LogP contribution < -0.4 is 10.5 Å². The quantitative estimate of drug-likeness (QED) is 0.780. The van der Waals surface area contributed by atoms with Crippen molar-refractivity contribution in [2.75, 3.05) is 12.3 Å². The van der Waals surface area contributed by atoms with E-state index in [-0.39, 0.29) is 4.90 Å². The normalized spacial score (nSPS) is 17.0. The zero-order chi connectivity index (χ0) is 11.6. The highest BCUT2D eigenvalue weighted by molar-refractivity contribution is 7.89. The highest BCUT2D eigenvalue weighted by Gasteiger charge is 2.22. The molecule has 0 aliphatic heterocycles. The Morgan fingerprint density at radius 3 is 2.56 bits per heavy atom. The summed E-state index contributed by atoms with van der Waals surface area (Å²) in [5.41, 5.74) is 5.94. The second kappa shape index (κ2) is 4.43. The maximum Gasteiger partial charge on any atom is 0.242 e. The Kier molecular flexibility index (Phi) is 3.16. The number of sulfonamides is 1. The lowest BCUT2D eigenvalue weighted by molar-refractivity contribution is 0.316. The number of anilines is 1. The van der Waals surface area contributed by atoms with Crippen molar-refractivity contribution < 1.29 is 8.42 Å². The van der Waals surface area contributed by atoms with Gasteiger partial charge >= 0.3 is 0 Å². The fourth-order valence-electron chi connectivity index (χ4n) is 1.73. The molecule has 1 saturated carbocycles. The lowest BCUT2D eigenvalue weighted by Gasteiger charge is -2.25. The monoisotopic (exact) mass is 240 g/mol. The number of benzene rings is 1. The van der Waals surface area contributed by atoms with Crippen molar-refractivity contribution in [2.45, 2.75) is 24.2 Å². The molecule has 0 radical (unpaired) electrons. The van der Waals surface area contributed by atoms with Gasteiger partial charge in [0.1, 0.15) is 4.90 Å². The molecule has 2 rings (SSSR count). The number of hydrogen-bond donors (Lipinski definition) is 2. The number of nitrogens with two attached hydrogens (primary N) is 1. The van der Waals surface area contributed by atoms with Crippen LogP contribution in [-0.4, -0.2) is 15.0 Å². The van der Waals surface area contributed by atoms with Gasteiger partial charge in [0.25, 0.3) is 0 Å². The summed E-state index contributed by atoms with van der Waals surface area (Å²) in [6, 6.07) is 6.52. The highest BCUT2D eigenvalue weighted by Crippen LogP contribution is 2.26. The number of hydrogen-bond acceptors (Lipinski definition) is 3. The van der Waals surface area contributed by atoms with E-state index in [0.29, 0.717) is 18.2 Å². The van der Waals surface area contributed by atoms with Crippen molar-refractivity contribution in [1.82, 2.24) is 4.72 Å². The van der Waals surface area contributed by atoms with E-state index in [1.165, 1.54) is 12.5 Å². The van der Waals surface area contributed by atoms with Gasteiger partial charge in [-0.2, -0.15) is 0 Å². The van der Waals surface area contributed by atoms with Crippen LogP contribution in [0, 0.1) is 5.92 Å². The molecule has 1 aliphatic rings. The fraction of sp³-hybridized carbons (Fsp3) is 0.455. The van der Waals surface area contributed by atoms with Gasteiger partial charge in [-0.25, -0.2) is 13.1 Å². The second-order valence-corrected chi connectivity index (χ2v) is 5.92. The lowest BCUT2D eigenvalue weighted by Crippen LogP contribution is -2.32. The summed E-state index contributed by atoms with van der Waals surface area (Å²) in [5, 5.41) is 0. The average molecular weight is 240 g/mol. The molecule has 0 heterocycles. The summed E-state index contributed by atoms with van der Waals surface area (Å²) in [6.45, 7) is 0.524. The Labute approximate surface area is 95.9 Å². The van der Waals surface area contributed by atoms with Crippen LogP contribution in [0.15, 0.2) is 29.2 Å². The van der Waals surface area contributed by atoms with Crippen LogP contribution in [0.2, 0.25) is 0 Å². The standard InChI is InChI=1S/C11H16N2O2S/c12-10-6-1-2-7-11(10)16(14,15)13-8-9-4-3-5-9/h1-2,6-7,9,13H,3-5,8,12H2. The minimum absolute atomic E-state index is 0.175. The van der Waals surface area contributed by atoms with Crippen LogP contribution in [0.4, 0.5) is 5.69 Å². The summed E-state index contributed by atoms with van der Waals surface area (Å²) in [5.74, 6) is 0.500. The molecule has 0 spiro atoms. The molecule has 0 aromatic heterocycles. The highest BCUT2D eigenvalue weighted by atomic mass is 32.2. The zero-order valence-electron chi connectivity index (χ0n) is 9.02. The van der Waals surface area contributed by atoms with Crippen LogP contribution in [0.3, 0.4) is 0 Å². The fourth-order valence-corrected chi connectivity index (χ4v) is 2.97. The molecule has 88 valence electrons. The summed E-state index contributed by atoms with van der Waals surface area (Å²) in [7, 11) is -3.44. The SMILES string of the molecule is Nc1ccccc1S(=O)(=O)NCC1CCC1. The third kappa shape index (κ3) is 2.36. The molecule has 0 bridgehead atoms. The van der Waals surface area contributed by atoms with Crippen molar-refractivity contribution in [3.63, 3.8) is 0 Å². The van der Waals surface area contributed by atoms with E-state index in [0.717, 1.165) is 12.8 Å². The first-order valence-corrected chi connectivity index (χ1v) is 6.92. The van der Waals surface area contributed by atoms with Gasteiger partial charge in [0, 0.05) is 6.54 Å². The van der Waals surface area contributed by atoms with E-state index in [1.54, 1.807) is 18.2 Å². The molecule has 0 atom stereocenters. The zero-order valence-corrected chi connectivity index (χ0v) is 9.83. The number of nitrogen functional groups attached to an aromatic ring is 1. The smallest absolute Gasteiger partial charge is 0.242 e. The van der Waals surface area contributed by atoms with Crippen molar-refractivity contribution in [2.24, 2.45) is 5.92 Å². The van der Waals surface area contributed by atoms with Crippen LogP contribution >= 0.6 is 0 Å². The van der Waals surface area contributed by atoms with Gasteiger partial charge in [0.15, 0.2) is 0 Å². The lowest BCUT2D eigenvalue weighted by atomic mass is 9.86. The maximum absolute atomic E-state index is 11.9. The molecule has 1 aromatic rings. The predicted molar refractivity (Wildman–Crippen MR) is 63.4 cm³/mol. The Balaban J connectivity index is 2.09. The van der Waals surface area contributed by atoms with Gasteiger partial charge in [-0.05, 0) is 30.9 Å². The van der Waals surface area contributed by atoms with Crippen molar-refractivity contribution in [3.05, 3.63) is 24.3 Å². The van der Waals surface area contributed by atoms with Gasteiger partial charge < -0.3 is 5.73 Å². The van der Waals surface area contributed by atoms with Crippen LogP contribution in [0.25, 0.3) is 0 Å². The Morgan fingerprint density at radius 2 is 2.00 bits per heavy atom. The summed E-state index contributed by atoms with van der Waals surface area (Å²) < 4.78 is 26.4. The van der Waals surface area contributed by atoms with Crippen molar-refractivity contribution in [3.8, 4) is 0 Å². The van der Waals surface area contributed by atoms with Gasteiger partial charge in [-0.3, -0.25) is 0 Å². The summed E-state index contributed by atoms with van der Waals surface area (Å²) in [4.78, 5) is 0.175. The number of rotatable bonds is 4. The molecular weight excluding hydrogens is 224 g/mol. The van der Waals surface area contributed by atoms with Crippen LogP contribution in [-0.2, 0) is 10.0 Å². The van der Waals surface area contributed by atoms with Gasteiger partial charge in [0.2, 0.25) is 10.0 Å². The Bertz CT molecular complexity index is 467. The summed E-state index contributed by atoms with van der Waals surface area (Å²) >= 11 is 0. The molecular formula is C11H16N2O2S. The molecule has 5 heteroatoms. The first kappa shape index (κ1) is 11.4. The number of nitrogens with one attached hydrogen (secondary N) is 1. The molecule has 3 N–H and O–H groups in total. The van der Waals surface area contributed by atoms with E-state index in [2.05, 4.69) is 4.72 Å². The first-order chi connectivity index (χ1) is 7.59. The van der Waals surface area contributed by atoms with E-state index in [4.69, 9.17) is 5.73 Å². The molecule has 1 aromatic carbocycles. The minimum Gasteiger partial charge on any atom is -0.398 e. The third-order valence-electron chi connectivity index (χ3n) is 3.00.